The molecular weight excluding hydrogens is 832 g/mol. The quantitative estimate of drug-likeness (QED) is 0.0197. The Kier molecular flexibility index (Phi) is 45.1. The van der Waals surface area contributed by atoms with Gasteiger partial charge < -0.3 is 24.2 Å². The minimum absolute atomic E-state index is 0.0578. The second-order valence-corrected chi connectivity index (χ2v) is 18.4. The molecule has 11 nitrogen and oxygen atoms in total. The molecule has 3 unspecified atom stereocenters. The number of hydrogen-bond acceptors (Lipinski definition) is 10. The largest absolute Gasteiger partial charge is 0.472 e. The van der Waals surface area contributed by atoms with Crippen LogP contribution in [0.3, 0.4) is 0 Å². The van der Waals surface area contributed by atoms with Crippen molar-refractivity contribution >= 4 is 25.7 Å². The van der Waals surface area contributed by atoms with Crippen molar-refractivity contribution in [3.8, 4) is 0 Å². The molecule has 0 saturated carbocycles. The van der Waals surface area contributed by atoms with Gasteiger partial charge in [-0.15, -0.1) is 0 Å². The number of hydrogen-bond donors (Lipinski definition) is 2. The molecule has 0 aromatic carbocycles. The molecule has 0 spiro atoms. The lowest BCUT2D eigenvalue weighted by Gasteiger charge is -2.21. The number of phosphoric ester groups is 1. The molecule has 0 saturated heterocycles. The number of carbonyl (C=O) groups is 3. The van der Waals surface area contributed by atoms with Crippen LogP contribution >= 0.6 is 7.82 Å². The molecule has 0 aromatic rings. The van der Waals surface area contributed by atoms with Gasteiger partial charge in [-0.05, 0) is 44.9 Å². The highest BCUT2D eigenvalue weighted by Gasteiger charge is 2.28. The fraction of sp³-hybridized carbons (Fsp3) is 0.788. The minimum Gasteiger partial charge on any atom is -0.462 e. The molecule has 0 aliphatic rings. The minimum atomic E-state index is -4.75. The number of allylic oxidation sites excluding steroid dienone is 8. The predicted octanol–water partition coefficient (Wildman–Crippen LogP) is 14.2. The summed E-state index contributed by atoms with van der Waals surface area (Å²) < 4.78 is 39.2. The summed E-state index contributed by atoms with van der Waals surface area (Å²) in [6, 6.07) is 0. The molecule has 0 aromatic heterocycles. The van der Waals surface area contributed by atoms with Gasteiger partial charge in [-0.1, -0.05) is 211 Å². The van der Waals surface area contributed by atoms with Gasteiger partial charge in [0, 0.05) is 19.3 Å². The van der Waals surface area contributed by atoms with Crippen molar-refractivity contribution in [2.75, 3.05) is 26.4 Å². The van der Waals surface area contributed by atoms with E-state index in [1.807, 2.05) is 12.2 Å². The summed E-state index contributed by atoms with van der Waals surface area (Å²) >= 11 is 0. The van der Waals surface area contributed by atoms with Gasteiger partial charge in [0.15, 0.2) is 6.10 Å². The maximum atomic E-state index is 12.8. The third kappa shape index (κ3) is 44.6. The van der Waals surface area contributed by atoms with Crippen molar-refractivity contribution in [2.45, 2.75) is 238 Å². The number of phosphoric acid groups is 1. The van der Waals surface area contributed by atoms with Crippen LogP contribution in [0.15, 0.2) is 48.6 Å². The van der Waals surface area contributed by atoms with Crippen LogP contribution in [0, 0.1) is 0 Å². The number of carbonyl (C=O) groups excluding carboxylic acids is 3. The number of ether oxygens (including phenoxy) is 3. The van der Waals surface area contributed by atoms with E-state index in [9.17, 15) is 28.9 Å². The number of rotatable bonds is 47. The Morgan fingerprint density at radius 3 is 1.25 bits per heavy atom. The predicted molar refractivity (Wildman–Crippen MR) is 261 cm³/mol. The van der Waals surface area contributed by atoms with E-state index >= 15 is 0 Å². The van der Waals surface area contributed by atoms with Crippen molar-refractivity contribution in [3.63, 3.8) is 0 Å². The summed E-state index contributed by atoms with van der Waals surface area (Å²) in [5, 5.41) is 9.74. The van der Waals surface area contributed by atoms with E-state index in [0.717, 1.165) is 64.2 Å². The summed E-state index contributed by atoms with van der Waals surface area (Å²) in [4.78, 5) is 48.1. The molecular formula is C52H93O11P. The van der Waals surface area contributed by atoms with Crippen LogP contribution in [-0.2, 0) is 42.2 Å². The number of aliphatic hydroxyl groups excluding tert-OH is 1. The highest BCUT2D eigenvalue weighted by molar-refractivity contribution is 7.47. The van der Waals surface area contributed by atoms with Gasteiger partial charge in [-0.25, -0.2) is 4.57 Å². The molecule has 0 heterocycles. The van der Waals surface area contributed by atoms with E-state index in [4.69, 9.17) is 23.3 Å². The van der Waals surface area contributed by atoms with Crippen LogP contribution in [-0.4, -0.2) is 66.5 Å². The fourth-order valence-electron chi connectivity index (χ4n) is 6.90. The molecule has 0 bridgehead atoms. The molecule has 3 atom stereocenters. The molecule has 372 valence electrons. The first kappa shape index (κ1) is 61.4. The van der Waals surface area contributed by atoms with Gasteiger partial charge in [0.05, 0.1) is 19.8 Å². The molecule has 0 aliphatic heterocycles. The molecule has 0 fully saturated rings. The van der Waals surface area contributed by atoms with E-state index in [0.29, 0.717) is 19.3 Å². The van der Waals surface area contributed by atoms with Gasteiger partial charge in [0.2, 0.25) is 0 Å². The molecule has 2 N–H and O–H groups in total. The average Bonchev–Trinajstić information content (AvgIpc) is 3.28. The summed E-state index contributed by atoms with van der Waals surface area (Å²) in [5.41, 5.74) is 0. The maximum Gasteiger partial charge on any atom is 0.472 e. The Morgan fingerprint density at radius 1 is 0.453 bits per heavy atom. The molecule has 0 rings (SSSR count). The Hall–Kier alpha value is -2.56. The first-order chi connectivity index (χ1) is 31.2. The molecule has 0 radical (unpaired) electrons. The fourth-order valence-corrected chi connectivity index (χ4v) is 7.68. The van der Waals surface area contributed by atoms with Crippen molar-refractivity contribution in [2.24, 2.45) is 0 Å². The van der Waals surface area contributed by atoms with Crippen LogP contribution < -0.4 is 0 Å². The summed E-state index contributed by atoms with van der Waals surface area (Å²) in [7, 11) is -4.75. The third-order valence-corrected chi connectivity index (χ3v) is 11.7. The van der Waals surface area contributed by atoms with E-state index in [1.165, 1.54) is 103 Å². The van der Waals surface area contributed by atoms with Gasteiger partial charge >= 0.3 is 25.7 Å². The van der Waals surface area contributed by atoms with E-state index in [2.05, 4.69) is 57.2 Å². The maximum absolute atomic E-state index is 12.8. The third-order valence-electron chi connectivity index (χ3n) is 10.8. The molecule has 12 heteroatoms. The SMILES string of the molecule is CC/C=C\C/C=C\C/C=C\C/C=C\CCC(=O)OC(CO)COP(=O)(O)OCC(COC(=O)CCCCCCCCCCC)OC(=O)CCCCCCCCCCCCCCCCC. The number of esters is 3. The highest BCUT2D eigenvalue weighted by atomic mass is 31.2. The molecule has 0 amide bonds. The normalized spacial score (nSPS) is 13.9. The average molecular weight is 925 g/mol. The van der Waals surface area contributed by atoms with Crippen LogP contribution in [0.1, 0.15) is 226 Å². The molecule has 0 aliphatic carbocycles. The van der Waals surface area contributed by atoms with Crippen LogP contribution in [0.5, 0.6) is 0 Å². The van der Waals surface area contributed by atoms with Gasteiger partial charge in [0.1, 0.15) is 12.7 Å². The lowest BCUT2D eigenvalue weighted by molar-refractivity contribution is -0.161. The second kappa shape index (κ2) is 47.0. The van der Waals surface area contributed by atoms with E-state index in [-0.39, 0.29) is 25.9 Å². The summed E-state index contributed by atoms with van der Waals surface area (Å²) in [6.07, 6.45) is 46.8. The zero-order valence-corrected chi connectivity index (χ0v) is 41.6. The van der Waals surface area contributed by atoms with Crippen LogP contribution in [0.4, 0.5) is 0 Å². The lowest BCUT2D eigenvalue weighted by atomic mass is 10.0. The lowest BCUT2D eigenvalue weighted by Crippen LogP contribution is -2.30. The van der Waals surface area contributed by atoms with Gasteiger partial charge in [-0.2, -0.15) is 0 Å². The Balaban J connectivity index is 4.75. The zero-order valence-electron chi connectivity index (χ0n) is 40.7. The van der Waals surface area contributed by atoms with Crippen molar-refractivity contribution < 1.29 is 52.2 Å². The zero-order chi connectivity index (χ0) is 47.0. The van der Waals surface area contributed by atoms with Gasteiger partial charge in [0.25, 0.3) is 0 Å². The Bertz CT molecular complexity index is 1260. The Labute approximate surface area is 390 Å². The first-order valence-corrected chi connectivity index (χ1v) is 27.0. The van der Waals surface area contributed by atoms with Crippen LogP contribution in [0.25, 0.3) is 0 Å². The monoisotopic (exact) mass is 925 g/mol. The van der Waals surface area contributed by atoms with Crippen molar-refractivity contribution in [1.29, 1.82) is 0 Å². The van der Waals surface area contributed by atoms with Crippen LogP contribution in [0.2, 0.25) is 0 Å². The number of aliphatic hydroxyl groups is 1. The standard InChI is InChI=1S/C52H93O11P/c1-4-7-10-13-16-19-21-23-24-26-28-31-34-37-40-43-52(56)63-49(45-59-50(54)41-38-35-32-29-18-15-12-9-6-3)47-61-64(57,58)60-46-48(44-53)62-51(55)42-39-36-33-30-27-25-22-20-17-14-11-8-5-2/h8,11,17,20,25,27,33,36,48-49,53H,4-7,9-10,12-16,18-19,21-24,26,28-32,34-35,37-47H2,1-3H3,(H,57,58)/b11-8-,20-17-,27-25-,36-33-. The second-order valence-electron chi connectivity index (χ2n) is 17.0. The van der Waals surface area contributed by atoms with Crippen molar-refractivity contribution in [3.05, 3.63) is 48.6 Å². The first-order valence-electron chi connectivity index (χ1n) is 25.5. The topological polar surface area (TPSA) is 155 Å². The highest BCUT2D eigenvalue weighted by Crippen LogP contribution is 2.43. The number of unbranched alkanes of at least 4 members (excludes halogenated alkanes) is 22. The van der Waals surface area contributed by atoms with Crippen molar-refractivity contribution in [1.82, 2.24) is 0 Å². The van der Waals surface area contributed by atoms with Gasteiger partial charge in [-0.3, -0.25) is 23.4 Å². The van der Waals surface area contributed by atoms with E-state index in [1.54, 1.807) is 0 Å². The Morgan fingerprint density at radius 2 is 0.812 bits per heavy atom. The smallest absolute Gasteiger partial charge is 0.462 e. The summed E-state index contributed by atoms with van der Waals surface area (Å²) in [6.45, 7) is 4.42. The molecule has 64 heavy (non-hydrogen) atoms. The summed E-state index contributed by atoms with van der Waals surface area (Å²) in [5.74, 6) is -1.54. The van der Waals surface area contributed by atoms with E-state index < -0.39 is 57.8 Å².